The maximum absolute atomic E-state index is 11.4. The first kappa shape index (κ1) is 13.6. The molecule has 0 amide bonds. The minimum Gasteiger partial charge on any atom is -0.371 e. The van der Waals surface area contributed by atoms with Crippen LogP contribution in [0.25, 0.3) is 0 Å². The zero-order chi connectivity index (χ0) is 13.1. The van der Waals surface area contributed by atoms with Gasteiger partial charge in [-0.2, -0.15) is 0 Å². The molecule has 0 spiro atoms. The van der Waals surface area contributed by atoms with E-state index in [1.165, 1.54) is 24.9 Å². The molecular weight excluding hydrogens is 290 g/mol. The first-order valence-electron chi connectivity index (χ1n) is 6.67. The Morgan fingerprint density at radius 1 is 1.39 bits per heavy atom. The standard InChI is InChI=1S/C15H20BrNO/c1-3-12-6-8-17(9-7-12)13-4-5-14(11(2)18)15(16)10-13/h4-5,10,12H,3,6-9H2,1-2H3. The van der Waals surface area contributed by atoms with Gasteiger partial charge in [0.25, 0.3) is 0 Å². The number of rotatable bonds is 3. The fourth-order valence-corrected chi connectivity index (χ4v) is 3.23. The van der Waals surface area contributed by atoms with Gasteiger partial charge in [-0.05, 0) is 59.8 Å². The minimum atomic E-state index is 0.109. The summed E-state index contributed by atoms with van der Waals surface area (Å²) in [6.07, 6.45) is 3.85. The van der Waals surface area contributed by atoms with Crippen LogP contribution in [0.15, 0.2) is 22.7 Å². The molecule has 0 atom stereocenters. The number of hydrogen-bond donors (Lipinski definition) is 0. The van der Waals surface area contributed by atoms with Crippen LogP contribution in [0.2, 0.25) is 0 Å². The molecule has 0 aliphatic carbocycles. The lowest BCUT2D eigenvalue weighted by atomic mass is 9.94. The van der Waals surface area contributed by atoms with Crippen LogP contribution in [-0.2, 0) is 0 Å². The molecule has 0 aromatic heterocycles. The molecule has 1 aliphatic heterocycles. The van der Waals surface area contributed by atoms with Gasteiger partial charge in [0.05, 0.1) is 0 Å². The number of piperidine rings is 1. The van der Waals surface area contributed by atoms with Gasteiger partial charge < -0.3 is 4.90 Å². The largest absolute Gasteiger partial charge is 0.371 e. The Morgan fingerprint density at radius 2 is 2.06 bits per heavy atom. The molecule has 1 aliphatic rings. The number of carbonyl (C=O) groups is 1. The van der Waals surface area contributed by atoms with Crippen molar-refractivity contribution in [2.75, 3.05) is 18.0 Å². The van der Waals surface area contributed by atoms with Gasteiger partial charge in [-0.3, -0.25) is 4.79 Å². The number of halogens is 1. The van der Waals surface area contributed by atoms with Crippen LogP contribution in [0.1, 0.15) is 43.5 Å². The molecule has 2 rings (SSSR count). The summed E-state index contributed by atoms with van der Waals surface area (Å²) >= 11 is 3.49. The Balaban J connectivity index is 2.11. The first-order valence-corrected chi connectivity index (χ1v) is 7.46. The lowest BCUT2D eigenvalue weighted by Gasteiger charge is -2.33. The lowest BCUT2D eigenvalue weighted by Crippen LogP contribution is -2.33. The third-order valence-electron chi connectivity index (χ3n) is 3.89. The molecule has 98 valence electrons. The summed E-state index contributed by atoms with van der Waals surface area (Å²) in [7, 11) is 0. The van der Waals surface area contributed by atoms with Crippen molar-refractivity contribution < 1.29 is 4.79 Å². The second-order valence-electron chi connectivity index (χ2n) is 5.06. The topological polar surface area (TPSA) is 20.3 Å². The quantitative estimate of drug-likeness (QED) is 0.777. The highest BCUT2D eigenvalue weighted by molar-refractivity contribution is 9.10. The van der Waals surface area contributed by atoms with Gasteiger partial charge >= 0.3 is 0 Å². The van der Waals surface area contributed by atoms with E-state index in [2.05, 4.69) is 39.9 Å². The van der Waals surface area contributed by atoms with Crippen molar-refractivity contribution in [3.63, 3.8) is 0 Å². The van der Waals surface area contributed by atoms with Crippen LogP contribution < -0.4 is 4.90 Å². The van der Waals surface area contributed by atoms with E-state index >= 15 is 0 Å². The van der Waals surface area contributed by atoms with Crippen molar-refractivity contribution in [2.24, 2.45) is 5.92 Å². The van der Waals surface area contributed by atoms with Gasteiger partial charge in [0.1, 0.15) is 0 Å². The molecule has 3 heteroatoms. The van der Waals surface area contributed by atoms with E-state index in [4.69, 9.17) is 0 Å². The Labute approximate surface area is 117 Å². The summed E-state index contributed by atoms with van der Waals surface area (Å²) in [6.45, 7) is 6.14. The predicted molar refractivity (Wildman–Crippen MR) is 79.4 cm³/mol. The third kappa shape index (κ3) is 2.94. The number of ketones is 1. The SMILES string of the molecule is CCC1CCN(c2ccc(C(C)=O)c(Br)c2)CC1. The summed E-state index contributed by atoms with van der Waals surface area (Å²) in [5.74, 6) is 0.999. The molecule has 0 saturated carbocycles. The van der Waals surface area contributed by atoms with Gasteiger partial charge in [0.15, 0.2) is 5.78 Å². The van der Waals surface area contributed by atoms with Crippen LogP contribution in [0.3, 0.4) is 0 Å². The fourth-order valence-electron chi connectivity index (χ4n) is 2.59. The highest BCUT2D eigenvalue weighted by atomic mass is 79.9. The first-order chi connectivity index (χ1) is 8.61. The van der Waals surface area contributed by atoms with Crippen molar-refractivity contribution in [1.82, 2.24) is 0 Å². The normalized spacial score (nSPS) is 16.9. The highest BCUT2D eigenvalue weighted by Crippen LogP contribution is 2.28. The van der Waals surface area contributed by atoms with Gasteiger partial charge in [0, 0.05) is 28.8 Å². The molecule has 0 unspecified atom stereocenters. The van der Waals surface area contributed by atoms with Crippen molar-refractivity contribution in [2.45, 2.75) is 33.1 Å². The molecule has 1 heterocycles. The summed E-state index contributed by atoms with van der Waals surface area (Å²) in [6, 6.07) is 6.06. The predicted octanol–water partition coefficient (Wildman–Crippen LogP) is 4.28. The number of nitrogens with zero attached hydrogens (tertiary/aromatic N) is 1. The van der Waals surface area contributed by atoms with E-state index in [0.717, 1.165) is 29.0 Å². The van der Waals surface area contributed by atoms with Crippen molar-refractivity contribution in [3.05, 3.63) is 28.2 Å². The van der Waals surface area contributed by atoms with Crippen molar-refractivity contribution in [1.29, 1.82) is 0 Å². The fraction of sp³-hybridized carbons (Fsp3) is 0.533. The second-order valence-corrected chi connectivity index (χ2v) is 5.91. The van der Waals surface area contributed by atoms with Crippen LogP contribution >= 0.6 is 15.9 Å². The molecule has 0 radical (unpaired) electrons. The molecule has 1 aromatic rings. The van der Waals surface area contributed by atoms with E-state index in [-0.39, 0.29) is 5.78 Å². The maximum Gasteiger partial charge on any atom is 0.160 e. The molecule has 1 fully saturated rings. The average Bonchev–Trinajstić information content (AvgIpc) is 2.38. The highest BCUT2D eigenvalue weighted by Gasteiger charge is 2.18. The smallest absolute Gasteiger partial charge is 0.160 e. The monoisotopic (exact) mass is 309 g/mol. The molecule has 1 saturated heterocycles. The Morgan fingerprint density at radius 3 is 2.56 bits per heavy atom. The van der Waals surface area contributed by atoms with Gasteiger partial charge in [-0.25, -0.2) is 0 Å². The van der Waals surface area contributed by atoms with E-state index in [9.17, 15) is 4.79 Å². The second kappa shape index (κ2) is 5.87. The Kier molecular flexibility index (Phi) is 4.44. The van der Waals surface area contributed by atoms with Crippen LogP contribution in [0.4, 0.5) is 5.69 Å². The van der Waals surface area contributed by atoms with Crippen molar-refractivity contribution in [3.8, 4) is 0 Å². The number of hydrogen-bond acceptors (Lipinski definition) is 2. The number of anilines is 1. The summed E-state index contributed by atoms with van der Waals surface area (Å²) in [4.78, 5) is 13.8. The van der Waals surface area contributed by atoms with E-state index in [1.54, 1.807) is 6.92 Å². The van der Waals surface area contributed by atoms with Crippen LogP contribution in [0, 0.1) is 5.92 Å². The van der Waals surface area contributed by atoms with Gasteiger partial charge in [-0.1, -0.05) is 13.3 Å². The van der Waals surface area contributed by atoms with E-state index in [0.29, 0.717) is 0 Å². The third-order valence-corrected chi connectivity index (χ3v) is 4.55. The minimum absolute atomic E-state index is 0.109. The van der Waals surface area contributed by atoms with Crippen LogP contribution in [-0.4, -0.2) is 18.9 Å². The lowest BCUT2D eigenvalue weighted by molar-refractivity contribution is 0.101. The van der Waals surface area contributed by atoms with Gasteiger partial charge in [0.2, 0.25) is 0 Å². The molecule has 0 bridgehead atoms. The zero-order valence-corrected chi connectivity index (χ0v) is 12.7. The Hall–Kier alpha value is -0.830. The number of Topliss-reactive ketones (excluding diaryl/α,β-unsaturated/α-hetero) is 1. The summed E-state index contributed by atoms with van der Waals surface area (Å²) < 4.78 is 0.908. The Bertz CT molecular complexity index is 436. The average molecular weight is 310 g/mol. The van der Waals surface area contributed by atoms with Crippen molar-refractivity contribution >= 4 is 27.4 Å². The molecular formula is C15H20BrNO. The summed E-state index contributed by atoms with van der Waals surface area (Å²) in [5, 5.41) is 0. The maximum atomic E-state index is 11.4. The molecule has 2 nitrogen and oxygen atoms in total. The van der Waals surface area contributed by atoms with E-state index in [1.807, 2.05) is 6.07 Å². The van der Waals surface area contributed by atoms with Crippen LogP contribution in [0.5, 0.6) is 0 Å². The van der Waals surface area contributed by atoms with Gasteiger partial charge in [-0.15, -0.1) is 0 Å². The zero-order valence-electron chi connectivity index (χ0n) is 11.1. The molecule has 1 aromatic carbocycles. The van der Waals surface area contributed by atoms with E-state index < -0.39 is 0 Å². The number of carbonyl (C=O) groups excluding carboxylic acids is 1. The summed E-state index contributed by atoms with van der Waals surface area (Å²) in [5.41, 5.74) is 1.99. The molecule has 0 N–H and O–H groups in total. The number of benzene rings is 1. The molecule has 18 heavy (non-hydrogen) atoms.